The van der Waals surface area contributed by atoms with Gasteiger partial charge in [-0.05, 0) is 25.3 Å². The van der Waals surface area contributed by atoms with Gasteiger partial charge in [0.05, 0.1) is 12.5 Å². The van der Waals surface area contributed by atoms with Crippen LogP contribution >= 0.6 is 11.3 Å². The largest absolute Gasteiger partial charge is 0.465 e. The number of rotatable bonds is 2. The predicted molar refractivity (Wildman–Crippen MR) is 82.1 cm³/mol. The molecule has 0 spiro atoms. The van der Waals surface area contributed by atoms with Gasteiger partial charge in [-0.1, -0.05) is 19.3 Å². The van der Waals surface area contributed by atoms with Gasteiger partial charge >= 0.3 is 5.97 Å². The van der Waals surface area contributed by atoms with Gasteiger partial charge in [0.25, 0.3) is 5.56 Å². The minimum absolute atomic E-state index is 0.149. The fraction of sp³-hybridized carbons (Fsp3) is 0.533. The fourth-order valence-corrected chi connectivity index (χ4v) is 4.12. The van der Waals surface area contributed by atoms with Crippen LogP contribution in [0.3, 0.4) is 0 Å². The molecule has 0 radical (unpaired) electrons. The SMILES string of the molecule is COC(=O)c1sc2nc(C3CCCCC3)[nH]c(=O)c2c1C. The summed E-state index contributed by atoms with van der Waals surface area (Å²) in [6.45, 7) is 1.77. The number of aromatic amines is 1. The Morgan fingerprint density at radius 2 is 2.05 bits per heavy atom. The van der Waals surface area contributed by atoms with Crippen LogP contribution in [0, 0.1) is 6.92 Å². The van der Waals surface area contributed by atoms with Crippen LogP contribution in [-0.2, 0) is 4.74 Å². The lowest BCUT2D eigenvalue weighted by molar-refractivity contribution is 0.0605. The maximum absolute atomic E-state index is 12.3. The molecule has 2 heterocycles. The molecule has 0 unspecified atom stereocenters. The molecule has 0 aliphatic heterocycles. The summed E-state index contributed by atoms with van der Waals surface area (Å²) in [6.07, 6.45) is 5.77. The molecule has 0 saturated heterocycles. The molecule has 21 heavy (non-hydrogen) atoms. The monoisotopic (exact) mass is 306 g/mol. The Balaban J connectivity index is 2.11. The van der Waals surface area contributed by atoms with Crippen molar-refractivity contribution >= 4 is 27.5 Å². The summed E-state index contributed by atoms with van der Waals surface area (Å²) in [5.41, 5.74) is 0.510. The second kappa shape index (κ2) is 5.60. The Morgan fingerprint density at radius 3 is 2.71 bits per heavy atom. The van der Waals surface area contributed by atoms with Gasteiger partial charge < -0.3 is 9.72 Å². The fourth-order valence-electron chi connectivity index (χ4n) is 3.02. The van der Waals surface area contributed by atoms with Gasteiger partial charge in [-0.15, -0.1) is 11.3 Å². The highest BCUT2D eigenvalue weighted by atomic mass is 32.1. The van der Waals surface area contributed by atoms with E-state index in [1.807, 2.05) is 0 Å². The lowest BCUT2D eigenvalue weighted by atomic mass is 9.89. The highest BCUT2D eigenvalue weighted by molar-refractivity contribution is 7.20. The van der Waals surface area contributed by atoms with E-state index >= 15 is 0 Å². The Labute approximate surface area is 126 Å². The average Bonchev–Trinajstić information content (AvgIpc) is 2.85. The quantitative estimate of drug-likeness (QED) is 0.865. The van der Waals surface area contributed by atoms with Crippen LogP contribution in [0.1, 0.15) is 59.1 Å². The maximum Gasteiger partial charge on any atom is 0.348 e. The maximum atomic E-state index is 12.3. The first-order chi connectivity index (χ1) is 10.1. The number of hydrogen-bond acceptors (Lipinski definition) is 5. The van der Waals surface area contributed by atoms with Gasteiger partial charge in [-0.2, -0.15) is 0 Å². The molecule has 0 atom stereocenters. The first-order valence-electron chi connectivity index (χ1n) is 7.23. The summed E-state index contributed by atoms with van der Waals surface area (Å²) < 4.78 is 4.76. The van der Waals surface area contributed by atoms with Gasteiger partial charge in [0.2, 0.25) is 0 Å². The topological polar surface area (TPSA) is 72.0 Å². The molecule has 1 aliphatic carbocycles. The molecule has 1 fully saturated rings. The normalized spacial score (nSPS) is 16.3. The summed E-state index contributed by atoms with van der Waals surface area (Å²) in [6, 6.07) is 0. The van der Waals surface area contributed by atoms with Crippen LogP contribution in [-0.4, -0.2) is 23.0 Å². The number of aryl methyl sites for hydroxylation is 1. The molecule has 1 aliphatic rings. The van der Waals surface area contributed by atoms with Crippen LogP contribution in [0.5, 0.6) is 0 Å². The summed E-state index contributed by atoms with van der Waals surface area (Å²) in [7, 11) is 1.34. The summed E-state index contributed by atoms with van der Waals surface area (Å²) in [5.74, 6) is 0.693. The number of aromatic nitrogens is 2. The van der Waals surface area contributed by atoms with Gasteiger partial charge in [-0.25, -0.2) is 9.78 Å². The number of hydrogen-bond donors (Lipinski definition) is 1. The zero-order chi connectivity index (χ0) is 15.0. The van der Waals surface area contributed by atoms with E-state index in [-0.39, 0.29) is 5.56 Å². The van der Waals surface area contributed by atoms with Crippen LogP contribution in [0.2, 0.25) is 0 Å². The van der Waals surface area contributed by atoms with Crippen molar-refractivity contribution < 1.29 is 9.53 Å². The van der Waals surface area contributed by atoms with Crippen LogP contribution in [0.15, 0.2) is 4.79 Å². The Bertz CT molecular complexity index is 741. The van der Waals surface area contributed by atoms with E-state index in [0.717, 1.165) is 18.7 Å². The predicted octanol–water partition coefficient (Wildman–Crippen LogP) is 3.13. The first-order valence-corrected chi connectivity index (χ1v) is 8.05. The minimum Gasteiger partial charge on any atom is -0.465 e. The van der Waals surface area contributed by atoms with E-state index < -0.39 is 5.97 Å². The minimum atomic E-state index is -0.408. The molecule has 1 N–H and O–H groups in total. The lowest BCUT2D eigenvalue weighted by Crippen LogP contribution is -2.16. The molecule has 6 heteroatoms. The van der Waals surface area contributed by atoms with Gasteiger partial charge in [0.15, 0.2) is 0 Å². The van der Waals surface area contributed by atoms with Crippen LogP contribution < -0.4 is 5.56 Å². The second-order valence-electron chi connectivity index (χ2n) is 5.51. The third kappa shape index (κ3) is 2.48. The molecular weight excluding hydrogens is 288 g/mol. The van der Waals surface area contributed by atoms with Crippen molar-refractivity contribution in [2.45, 2.75) is 44.9 Å². The third-order valence-corrected chi connectivity index (χ3v) is 5.35. The Hall–Kier alpha value is -1.69. The molecule has 1 saturated carbocycles. The standard InChI is InChI=1S/C15H18N2O3S/c1-8-10-13(18)16-12(9-6-4-3-5-7-9)17-14(10)21-11(8)15(19)20-2/h9H,3-7H2,1-2H3,(H,16,17,18). The van der Waals surface area contributed by atoms with Crippen molar-refractivity contribution in [2.75, 3.05) is 7.11 Å². The van der Waals surface area contributed by atoms with E-state index in [4.69, 9.17) is 4.74 Å². The zero-order valence-corrected chi connectivity index (χ0v) is 13.0. The van der Waals surface area contributed by atoms with Crippen LogP contribution in [0.4, 0.5) is 0 Å². The average molecular weight is 306 g/mol. The molecule has 3 rings (SSSR count). The van der Waals surface area contributed by atoms with Crippen LogP contribution in [0.25, 0.3) is 10.2 Å². The number of methoxy groups -OCH3 is 1. The molecule has 0 bridgehead atoms. The molecule has 5 nitrogen and oxygen atoms in total. The number of H-pyrrole nitrogens is 1. The molecular formula is C15H18N2O3S. The molecule has 2 aromatic heterocycles. The van der Waals surface area contributed by atoms with Gasteiger partial charge in [0, 0.05) is 5.92 Å². The number of esters is 1. The third-order valence-electron chi connectivity index (χ3n) is 4.18. The van der Waals surface area contributed by atoms with Gasteiger partial charge in [0.1, 0.15) is 15.5 Å². The summed E-state index contributed by atoms with van der Waals surface area (Å²) >= 11 is 1.24. The highest BCUT2D eigenvalue weighted by Gasteiger charge is 2.23. The van der Waals surface area contributed by atoms with E-state index in [1.54, 1.807) is 6.92 Å². The smallest absolute Gasteiger partial charge is 0.348 e. The Morgan fingerprint density at radius 1 is 1.33 bits per heavy atom. The first kappa shape index (κ1) is 14.3. The van der Waals surface area contributed by atoms with Crippen molar-refractivity contribution in [3.8, 4) is 0 Å². The van der Waals surface area contributed by atoms with Gasteiger partial charge in [-0.3, -0.25) is 4.79 Å². The molecule has 2 aromatic rings. The molecule has 0 amide bonds. The van der Waals surface area contributed by atoms with Crippen molar-refractivity contribution in [3.63, 3.8) is 0 Å². The molecule has 0 aromatic carbocycles. The highest BCUT2D eigenvalue weighted by Crippen LogP contribution is 2.33. The number of ether oxygens (including phenoxy) is 1. The number of fused-ring (bicyclic) bond motifs is 1. The van der Waals surface area contributed by atoms with E-state index in [9.17, 15) is 9.59 Å². The van der Waals surface area contributed by atoms with Crippen molar-refractivity contribution in [2.24, 2.45) is 0 Å². The second-order valence-corrected chi connectivity index (χ2v) is 6.51. The summed E-state index contributed by atoms with van der Waals surface area (Å²) in [4.78, 5) is 32.7. The van der Waals surface area contributed by atoms with Crippen molar-refractivity contribution in [1.29, 1.82) is 0 Å². The zero-order valence-electron chi connectivity index (χ0n) is 12.2. The van der Waals surface area contributed by atoms with E-state index in [1.165, 1.54) is 37.7 Å². The molecule has 112 valence electrons. The summed E-state index contributed by atoms with van der Waals surface area (Å²) in [5, 5.41) is 0.514. The number of nitrogens with one attached hydrogen (secondary N) is 1. The number of carbonyl (C=O) groups is 1. The lowest BCUT2D eigenvalue weighted by Gasteiger charge is -2.20. The number of thiophene rings is 1. The van der Waals surface area contributed by atoms with E-state index in [0.29, 0.717) is 26.6 Å². The number of carbonyl (C=O) groups excluding carboxylic acids is 1. The number of nitrogens with zero attached hydrogens (tertiary/aromatic N) is 1. The Kier molecular flexibility index (Phi) is 3.80. The van der Waals surface area contributed by atoms with Crippen molar-refractivity contribution in [3.05, 3.63) is 26.6 Å². The van der Waals surface area contributed by atoms with Crippen molar-refractivity contribution in [1.82, 2.24) is 9.97 Å². The van der Waals surface area contributed by atoms with E-state index in [2.05, 4.69) is 9.97 Å².